The number of carboxylic acids is 1. The van der Waals surface area contributed by atoms with Gasteiger partial charge in [0.05, 0.1) is 11.4 Å². The zero-order chi connectivity index (χ0) is 14.8. The number of thioether (sulfide) groups is 1. The van der Waals surface area contributed by atoms with E-state index in [0.717, 1.165) is 17.4 Å². The molecule has 20 heavy (non-hydrogen) atoms. The van der Waals surface area contributed by atoms with Crippen molar-refractivity contribution in [3.63, 3.8) is 0 Å². The average Bonchev–Trinajstić information content (AvgIpc) is 2.83. The first-order chi connectivity index (χ1) is 9.38. The molecule has 1 N–H and O–H groups in total. The molecule has 1 heterocycles. The van der Waals surface area contributed by atoms with Crippen LogP contribution in [0.5, 0.6) is 0 Å². The van der Waals surface area contributed by atoms with Crippen molar-refractivity contribution in [3.8, 4) is 5.69 Å². The summed E-state index contributed by atoms with van der Waals surface area (Å²) in [6.07, 6.45) is 0. The number of nitrogens with zero attached hydrogens (tertiary/aromatic N) is 4. The lowest BCUT2D eigenvalue weighted by Gasteiger charge is -2.19. The second kappa shape index (κ2) is 5.62. The maximum atomic E-state index is 10.6. The molecule has 6 nitrogen and oxygen atoms in total. The van der Waals surface area contributed by atoms with Crippen LogP contribution in [0.15, 0.2) is 29.4 Å². The van der Waals surface area contributed by atoms with Crippen LogP contribution in [0.25, 0.3) is 5.69 Å². The van der Waals surface area contributed by atoms with Gasteiger partial charge in [0, 0.05) is 0 Å². The number of carbonyl (C=O) groups is 1. The minimum atomic E-state index is -0.896. The van der Waals surface area contributed by atoms with Crippen LogP contribution in [-0.2, 0) is 10.2 Å². The van der Waals surface area contributed by atoms with Crippen molar-refractivity contribution in [1.82, 2.24) is 20.2 Å². The van der Waals surface area contributed by atoms with Gasteiger partial charge in [-0.1, -0.05) is 44.7 Å². The molecule has 0 saturated carbocycles. The Morgan fingerprint density at radius 1 is 1.30 bits per heavy atom. The minimum Gasteiger partial charge on any atom is -0.481 e. The monoisotopic (exact) mass is 292 g/mol. The molecule has 1 aromatic heterocycles. The summed E-state index contributed by atoms with van der Waals surface area (Å²) in [6.45, 7) is 6.44. The Hall–Kier alpha value is -1.89. The van der Waals surface area contributed by atoms with Gasteiger partial charge in [-0.3, -0.25) is 4.79 Å². The van der Waals surface area contributed by atoms with E-state index in [1.165, 1.54) is 5.56 Å². The van der Waals surface area contributed by atoms with Gasteiger partial charge in [0.25, 0.3) is 0 Å². The lowest BCUT2D eigenvalue weighted by molar-refractivity contribution is -0.133. The zero-order valence-corrected chi connectivity index (χ0v) is 12.4. The van der Waals surface area contributed by atoms with Crippen molar-refractivity contribution in [2.45, 2.75) is 31.3 Å². The third-order valence-electron chi connectivity index (χ3n) is 2.74. The number of rotatable bonds is 4. The molecule has 0 aliphatic rings. The van der Waals surface area contributed by atoms with Crippen molar-refractivity contribution in [2.75, 3.05) is 5.75 Å². The largest absolute Gasteiger partial charge is 0.481 e. The van der Waals surface area contributed by atoms with E-state index < -0.39 is 5.97 Å². The van der Waals surface area contributed by atoms with E-state index in [1.54, 1.807) is 4.68 Å². The highest BCUT2D eigenvalue weighted by Gasteiger charge is 2.15. The van der Waals surface area contributed by atoms with Crippen LogP contribution in [0.2, 0.25) is 0 Å². The molecule has 0 amide bonds. The maximum absolute atomic E-state index is 10.6. The average molecular weight is 292 g/mol. The Morgan fingerprint density at radius 3 is 2.50 bits per heavy atom. The zero-order valence-electron chi connectivity index (χ0n) is 11.6. The molecule has 0 fully saturated rings. The SMILES string of the molecule is CC(C)(C)c1ccc(-n2nnnc2SCC(=O)O)cc1. The molecule has 7 heteroatoms. The van der Waals surface area contributed by atoms with Gasteiger partial charge < -0.3 is 5.11 Å². The van der Waals surface area contributed by atoms with Crippen LogP contribution in [-0.4, -0.2) is 37.0 Å². The smallest absolute Gasteiger partial charge is 0.313 e. The molecule has 2 aromatic rings. The number of carboxylic acid groups (broad SMARTS) is 1. The fourth-order valence-electron chi connectivity index (χ4n) is 1.66. The highest BCUT2D eigenvalue weighted by Crippen LogP contribution is 2.24. The second-order valence-electron chi connectivity index (χ2n) is 5.35. The number of tetrazole rings is 1. The number of hydrogen-bond acceptors (Lipinski definition) is 5. The Morgan fingerprint density at radius 2 is 1.95 bits per heavy atom. The fraction of sp³-hybridized carbons (Fsp3) is 0.385. The minimum absolute atomic E-state index is 0.0690. The second-order valence-corrected chi connectivity index (χ2v) is 6.30. The highest BCUT2D eigenvalue weighted by molar-refractivity contribution is 7.99. The lowest BCUT2D eigenvalue weighted by Crippen LogP contribution is -2.11. The number of benzene rings is 1. The summed E-state index contributed by atoms with van der Waals surface area (Å²) in [5.74, 6) is -0.965. The number of hydrogen-bond donors (Lipinski definition) is 1. The van der Waals surface area contributed by atoms with Gasteiger partial charge in [0.1, 0.15) is 0 Å². The molecular formula is C13H16N4O2S. The van der Waals surface area contributed by atoms with E-state index >= 15 is 0 Å². The molecule has 2 rings (SSSR count). The predicted molar refractivity (Wildman–Crippen MR) is 76.2 cm³/mol. The van der Waals surface area contributed by atoms with E-state index in [0.29, 0.717) is 5.16 Å². The summed E-state index contributed by atoms with van der Waals surface area (Å²) in [5, 5.41) is 20.5. The van der Waals surface area contributed by atoms with Crippen LogP contribution in [0.1, 0.15) is 26.3 Å². The molecule has 0 saturated heterocycles. The van der Waals surface area contributed by atoms with Gasteiger partial charge in [-0.15, -0.1) is 5.10 Å². The molecular weight excluding hydrogens is 276 g/mol. The highest BCUT2D eigenvalue weighted by atomic mass is 32.2. The van der Waals surface area contributed by atoms with Crippen molar-refractivity contribution < 1.29 is 9.90 Å². The molecule has 0 unspecified atom stereocenters. The van der Waals surface area contributed by atoms with Crippen molar-refractivity contribution in [1.29, 1.82) is 0 Å². The molecule has 0 radical (unpaired) electrons. The molecule has 0 atom stereocenters. The molecule has 1 aromatic carbocycles. The van der Waals surface area contributed by atoms with Crippen molar-refractivity contribution >= 4 is 17.7 Å². The summed E-state index contributed by atoms with van der Waals surface area (Å²) < 4.78 is 1.54. The van der Waals surface area contributed by atoms with Crippen LogP contribution < -0.4 is 0 Å². The Labute approximate surface area is 121 Å². The quantitative estimate of drug-likeness (QED) is 0.869. The van der Waals surface area contributed by atoms with Gasteiger partial charge in [0.15, 0.2) is 0 Å². The van der Waals surface area contributed by atoms with Gasteiger partial charge >= 0.3 is 5.97 Å². The topological polar surface area (TPSA) is 80.9 Å². The third kappa shape index (κ3) is 3.36. The summed E-state index contributed by atoms with van der Waals surface area (Å²) in [4.78, 5) is 10.6. The Balaban J connectivity index is 2.24. The van der Waals surface area contributed by atoms with E-state index in [4.69, 9.17) is 5.11 Å². The van der Waals surface area contributed by atoms with Crippen LogP contribution in [0.3, 0.4) is 0 Å². The van der Waals surface area contributed by atoms with Crippen molar-refractivity contribution in [3.05, 3.63) is 29.8 Å². The summed E-state index contributed by atoms with van der Waals surface area (Å²) in [7, 11) is 0. The van der Waals surface area contributed by atoms with Gasteiger partial charge in [-0.2, -0.15) is 4.68 Å². The Kier molecular flexibility index (Phi) is 4.08. The van der Waals surface area contributed by atoms with Crippen LogP contribution in [0, 0.1) is 0 Å². The molecule has 0 aliphatic heterocycles. The predicted octanol–water partition coefficient (Wildman–Crippen LogP) is 2.14. The van der Waals surface area contributed by atoms with Crippen molar-refractivity contribution in [2.24, 2.45) is 0 Å². The third-order valence-corrected chi connectivity index (χ3v) is 3.65. The van der Waals surface area contributed by atoms with Gasteiger partial charge in [-0.05, 0) is 33.5 Å². The lowest BCUT2D eigenvalue weighted by atomic mass is 9.87. The number of aromatic nitrogens is 4. The first-order valence-electron chi connectivity index (χ1n) is 6.12. The van der Waals surface area contributed by atoms with E-state index in [9.17, 15) is 4.79 Å². The van der Waals surface area contributed by atoms with Gasteiger partial charge in [0.2, 0.25) is 5.16 Å². The summed E-state index contributed by atoms with van der Waals surface area (Å²) >= 11 is 1.09. The molecule has 0 spiro atoms. The molecule has 0 aliphatic carbocycles. The van der Waals surface area contributed by atoms with E-state index in [2.05, 4.69) is 36.3 Å². The Bertz CT molecular complexity index is 602. The summed E-state index contributed by atoms with van der Waals surface area (Å²) in [6, 6.07) is 7.93. The van der Waals surface area contributed by atoms with Crippen LogP contribution in [0.4, 0.5) is 0 Å². The van der Waals surface area contributed by atoms with Gasteiger partial charge in [-0.25, -0.2) is 0 Å². The van der Waals surface area contributed by atoms with Crippen LogP contribution >= 0.6 is 11.8 Å². The van der Waals surface area contributed by atoms with E-state index in [1.807, 2.05) is 24.3 Å². The summed E-state index contributed by atoms with van der Waals surface area (Å²) in [5.41, 5.74) is 2.12. The fourth-order valence-corrected chi connectivity index (χ4v) is 2.27. The molecule has 0 bridgehead atoms. The molecule has 106 valence electrons. The number of aliphatic carboxylic acids is 1. The first-order valence-corrected chi connectivity index (χ1v) is 7.10. The first kappa shape index (κ1) is 14.5. The van der Waals surface area contributed by atoms with E-state index in [-0.39, 0.29) is 11.2 Å². The normalized spacial score (nSPS) is 11.6. The maximum Gasteiger partial charge on any atom is 0.313 e. The standard InChI is InChI=1S/C13H16N4O2S/c1-13(2,3)9-4-6-10(7-5-9)17-12(14-15-16-17)20-8-11(18)19/h4-7H,8H2,1-3H3,(H,18,19).